The van der Waals surface area contributed by atoms with Crippen LogP contribution in [0.25, 0.3) is 6.08 Å². The Morgan fingerprint density at radius 2 is 1.65 bits per heavy atom. The van der Waals surface area contributed by atoms with Crippen molar-refractivity contribution in [3.8, 4) is 0 Å². The summed E-state index contributed by atoms with van der Waals surface area (Å²) in [6, 6.07) is 21.1. The van der Waals surface area contributed by atoms with Gasteiger partial charge in [-0.1, -0.05) is 86.2 Å². The fraction of sp³-hybridized carbons (Fsp3) is 0.333. The van der Waals surface area contributed by atoms with Crippen molar-refractivity contribution in [2.45, 2.75) is 45.3 Å². The second-order valence-electron chi connectivity index (χ2n) is 5.87. The molecule has 0 bridgehead atoms. The molecule has 0 saturated carbocycles. The molecule has 2 aromatic rings. The minimum absolute atomic E-state index is 0.113. The van der Waals surface area contributed by atoms with Crippen LogP contribution in [0, 0.1) is 0 Å². The van der Waals surface area contributed by atoms with Crippen LogP contribution in [0.5, 0.6) is 0 Å². The molecule has 0 spiro atoms. The molecule has 0 aromatic heterocycles. The van der Waals surface area contributed by atoms with Gasteiger partial charge in [-0.05, 0) is 30.9 Å². The van der Waals surface area contributed by atoms with Gasteiger partial charge < -0.3 is 0 Å². The molecule has 0 aliphatic carbocycles. The summed E-state index contributed by atoms with van der Waals surface area (Å²) in [5, 5.41) is 0. The zero-order valence-corrected chi connectivity index (χ0v) is 14.1. The van der Waals surface area contributed by atoms with Gasteiger partial charge in [-0.25, -0.2) is 0 Å². The van der Waals surface area contributed by atoms with E-state index in [2.05, 4.69) is 80.0 Å². The Balaban J connectivity index is 1.80. The Labute approximate surface area is 140 Å². The second kappa shape index (κ2) is 9.98. The van der Waals surface area contributed by atoms with E-state index in [-0.39, 0.29) is 12.1 Å². The molecular weight excluding hydrogens is 282 g/mol. The molecule has 0 radical (unpaired) electrons. The van der Waals surface area contributed by atoms with Crippen LogP contribution in [0.3, 0.4) is 0 Å². The Hall–Kier alpha value is -1.90. The highest BCUT2D eigenvalue weighted by Crippen LogP contribution is 2.21. The van der Waals surface area contributed by atoms with Gasteiger partial charge >= 0.3 is 0 Å². The predicted molar refractivity (Wildman–Crippen MR) is 97.9 cm³/mol. The Morgan fingerprint density at radius 1 is 1.00 bits per heavy atom. The van der Waals surface area contributed by atoms with Gasteiger partial charge in [0, 0.05) is 6.04 Å². The molecular formula is C21H27NO. The predicted octanol–water partition coefficient (Wildman–Crippen LogP) is 5.54. The topological polar surface area (TPSA) is 21.3 Å². The highest BCUT2D eigenvalue weighted by molar-refractivity contribution is 5.48. The molecule has 0 heterocycles. The average molecular weight is 309 g/mol. The summed E-state index contributed by atoms with van der Waals surface area (Å²) < 4.78 is 0. The van der Waals surface area contributed by atoms with Gasteiger partial charge in [0.25, 0.3) is 0 Å². The summed E-state index contributed by atoms with van der Waals surface area (Å²) in [7, 11) is 0. The van der Waals surface area contributed by atoms with Gasteiger partial charge in [0.05, 0.1) is 0 Å². The average Bonchev–Trinajstić information content (AvgIpc) is 2.60. The van der Waals surface area contributed by atoms with Crippen molar-refractivity contribution in [3.05, 3.63) is 77.9 Å². The van der Waals surface area contributed by atoms with Crippen LogP contribution >= 0.6 is 0 Å². The Bertz CT molecular complexity index is 565. The van der Waals surface area contributed by atoms with Crippen LogP contribution in [-0.2, 0) is 4.84 Å². The zero-order chi connectivity index (χ0) is 16.3. The quantitative estimate of drug-likeness (QED) is 0.614. The van der Waals surface area contributed by atoms with Crippen molar-refractivity contribution in [2.24, 2.45) is 0 Å². The lowest BCUT2D eigenvalue weighted by Crippen LogP contribution is -2.27. The normalized spacial score (nSPS) is 14.0. The van der Waals surface area contributed by atoms with Crippen LogP contribution in [0.15, 0.2) is 66.7 Å². The van der Waals surface area contributed by atoms with Crippen molar-refractivity contribution in [1.82, 2.24) is 5.48 Å². The van der Waals surface area contributed by atoms with Gasteiger partial charge in [0.1, 0.15) is 6.10 Å². The second-order valence-corrected chi connectivity index (χ2v) is 5.87. The third-order valence-electron chi connectivity index (χ3n) is 3.73. The summed E-state index contributed by atoms with van der Waals surface area (Å²) >= 11 is 0. The van der Waals surface area contributed by atoms with Crippen LogP contribution in [0.4, 0.5) is 0 Å². The lowest BCUT2D eigenvalue weighted by Gasteiger charge is -2.20. The van der Waals surface area contributed by atoms with E-state index in [0.29, 0.717) is 0 Å². The molecule has 0 aliphatic rings. The molecule has 2 heteroatoms. The minimum Gasteiger partial charge on any atom is -0.293 e. The number of nitrogens with one attached hydrogen (secondary N) is 1. The van der Waals surface area contributed by atoms with Crippen LogP contribution < -0.4 is 5.48 Å². The fourth-order valence-electron chi connectivity index (χ4n) is 2.44. The largest absolute Gasteiger partial charge is 0.293 e. The summed E-state index contributed by atoms with van der Waals surface area (Å²) in [6.07, 6.45) is 7.50. The summed E-state index contributed by atoms with van der Waals surface area (Å²) in [5.74, 6) is 0. The van der Waals surface area contributed by atoms with E-state index in [1.54, 1.807) is 0 Å². The van der Waals surface area contributed by atoms with Gasteiger partial charge in [-0.3, -0.25) is 4.84 Å². The lowest BCUT2D eigenvalue weighted by molar-refractivity contribution is -0.0465. The smallest absolute Gasteiger partial charge is 0.104 e. The van der Waals surface area contributed by atoms with E-state index in [1.165, 1.54) is 11.1 Å². The van der Waals surface area contributed by atoms with Crippen molar-refractivity contribution in [1.29, 1.82) is 0 Å². The maximum absolute atomic E-state index is 5.95. The van der Waals surface area contributed by atoms with E-state index in [9.17, 15) is 0 Å². The van der Waals surface area contributed by atoms with Crippen LogP contribution in [0.1, 0.15) is 50.3 Å². The van der Waals surface area contributed by atoms with Crippen molar-refractivity contribution >= 4 is 6.08 Å². The molecule has 2 atom stereocenters. The summed E-state index contributed by atoms with van der Waals surface area (Å²) in [4.78, 5) is 5.95. The number of benzene rings is 2. The maximum Gasteiger partial charge on any atom is 0.104 e. The van der Waals surface area contributed by atoms with Gasteiger partial charge in [0.2, 0.25) is 0 Å². The van der Waals surface area contributed by atoms with Crippen molar-refractivity contribution < 1.29 is 4.84 Å². The molecule has 2 unspecified atom stereocenters. The van der Waals surface area contributed by atoms with Gasteiger partial charge in [0.15, 0.2) is 0 Å². The molecule has 23 heavy (non-hydrogen) atoms. The Morgan fingerprint density at radius 3 is 2.30 bits per heavy atom. The number of hydrogen-bond donors (Lipinski definition) is 1. The molecule has 122 valence electrons. The standard InChI is InChI=1S/C21H27NO/c1-3-11-21(20-16-8-5-9-17-20)23-22-18(2)12-10-15-19-13-6-4-7-14-19/h4-10,13-18,21-22H,3,11-12H2,1-2H3/b15-10+. The lowest BCUT2D eigenvalue weighted by atomic mass is 10.1. The number of rotatable bonds is 9. The molecule has 2 nitrogen and oxygen atoms in total. The fourth-order valence-corrected chi connectivity index (χ4v) is 2.44. The van der Waals surface area contributed by atoms with E-state index in [4.69, 9.17) is 4.84 Å². The van der Waals surface area contributed by atoms with Gasteiger partial charge in [-0.15, -0.1) is 0 Å². The molecule has 2 rings (SSSR count). The maximum atomic E-state index is 5.95. The van der Waals surface area contributed by atoms with E-state index >= 15 is 0 Å². The first kappa shape index (κ1) is 17.5. The van der Waals surface area contributed by atoms with E-state index in [0.717, 1.165) is 19.3 Å². The van der Waals surface area contributed by atoms with E-state index in [1.807, 2.05) is 12.1 Å². The first-order valence-corrected chi connectivity index (χ1v) is 8.47. The van der Waals surface area contributed by atoms with Gasteiger partial charge in [-0.2, -0.15) is 5.48 Å². The number of hydrogen-bond acceptors (Lipinski definition) is 2. The third-order valence-corrected chi connectivity index (χ3v) is 3.73. The molecule has 0 fully saturated rings. The van der Waals surface area contributed by atoms with Crippen LogP contribution in [-0.4, -0.2) is 6.04 Å². The van der Waals surface area contributed by atoms with Crippen molar-refractivity contribution in [3.63, 3.8) is 0 Å². The summed E-state index contributed by atoms with van der Waals surface area (Å²) in [6.45, 7) is 4.33. The molecule has 0 aliphatic heterocycles. The first-order valence-electron chi connectivity index (χ1n) is 8.47. The van der Waals surface area contributed by atoms with E-state index < -0.39 is 0 Å². The molecule has 1 N–H and O–H groups in total. The SMILES string of the molecule is CCCC(ONC(C)C/C=C/c1ccccc1)c1ccccc1. The molecule has 0 amide bonds. The first-order chi connectivity index (χ1) is 11.3. The highest BCUT2D eigenvalue weighted by Gasteiger charge is 2.12. The zero-order valence-electron chi connectivity index (χ0n) is 14.1. The minimum atomic E-state index is 0.113. The summed E-state index contributed by atoms with van der Waals surface area (Å²) in [5.41, 5.74) is 5.66. The highest BCUT2D eigenvalue weighted by atomic mass is 16.7. The van der Waals surface area contributed by atoms with Crippen LogP contribution in [0.2, 0.25) is 0 Å². The third kappa shape index (κ3) is 6.39. The monoisotopic (exact) mass is 309 g/mol. The molecule has 0 saturated heterocycles. The Kier molecular flexibility index (Phi) is 7.58. The molecule has 2 aromatic carbocycles. The van der Waals surface area contributed by atoms with Crippen molar-refractivity contribution in [2.75, 3.05) is 0 Å². The number of hydroxylamine groups is 1.